The van der Waals surface area contributed by atoms with Crippen molar-refractivity contribution in [3.63, 3.8) is 0 Å². The van der Waals surface area contributed by atoms with Crippen LogP contribution in [0.25, 0.3) is 11.1 Å². The number of benzene rings is 2. The van der Waals surface area contributed by atoms with E-state index in [1.807, 2.05) is 41.1 Å². The second kappa shape index (κ2) is 8.83. The summed E-state index contributed by atoms with van der Waals surface area (Å²) in [6.45, 7) is 7.31. The highest BCUT2D eigenvalue weighted by atomic mass is 16.4. The fourth-order valence-electron chi connectivity index (χ4n) is 3.21. The zero-order valence-electron chi connectivity index (χ0n) is 16.7. The summed E-state index contributed by atoms with van der Waals surface area (Å²) in [5.74, 6) is 1.34. The molecule has 0 aliphatic carbocycles. The first-order chi connectivity index (χ1) is 13.5. The molecule has 0 bridgehead atoms. The molecule has 1 aromatic heterocycles. The lowest BCUT2D eigenvalue weighted by atomic mass is 9.98. The normalized spacial score (nSPS) is 12.1. The van der Waals surface area contributed by atoms with E-state index in [9.17, 15) is 9.90 Å². The largest absolute Gasteiger partial charge is 0.478 e. The highest BCUT2D eigenvalue weighted by Gasteiger charge is 2.15. The van der Waals surface area contributed by atoms with Gasteiger partial charge in [0.25, 0.3) is 0 Å². The second-order valence-electron chi connectivity index (χ2n) is 7.14. The van der Waals surface area contributed by atoms with Crippen molar-refractivity contribution in [2.45, 2.75) is 52.5 Å². The molecule has 1 N–H and O–H groups in total. The molecule has 5 nitrogen and oxygen atoms in total. The van der Waals surface area contributed by atoms with Crippen molar-refractivity contribution >= 4 is 5.97 Å². The van der Waals surface area contributed by atoms with Gasteiger partial charge in [-0.15, -0.1) is 0 Å². The average Bonchev–Trinajstić information content (AvgIpc) is 3.10. The van der Waals surface area contributed by atoms with Gasteiger partial charge in [0, 0.05) is 18.9 Å². The Morgan fingerprint density at radius 2 is 1.82 bits per heavy atom. The molecule has 28 heavy (non-hydrogen) atoms. The van der Waals surface area contributed by atoms with Crippen molar-refractivity contribution in [2.24, 2.45) is 0 Å². The zero-order valence-corrected chi connectivity index (χ0v) is 16.7. The predicted molar refractivity (Wildman–Crippen MR) is 111 cm³/mol. The fraction of sp³-hybridized carbons (Fsp3) is 0.348. The van der Waals surface area contributed by atoms with Crippen LogP contribution in [-0.2, 0) is 13.0 Å². The summed E-state index contributed by atoms with van der Waals surface area (Å²) in [5, 5.41) is 14.1. The maximum absolute atomic E-state index is 11.5. The van der Waals surface area contributed by atoms with Crippen LogP contribution in [0.2, 0.25) is 0 Å². The van der Waals surface area contributed by atoms with E-state index < -0.39 is 5.97 Å². The molecule has 0 aliphatic rings. The third-order valence-corrected chi connectivity index (χ3v) is 5.04. The lowest BCUT2D eigenvalue weighted by Crippen LogP contribution is -2.06. The molecule has 2 aromatic carbocycles. The number of carboxylic acid groups (broad SMARTS) is 1. The first kappa shape index (κ1) is 19.8. The van der Waals surface area contributed by atoms with Gasteiger partial charge in [-0.1, -0.05) is 63.2 Å². The summed E-state index contributed by atoms with van der Waals surface area (Å²) in [6.07, 6.45) is 2.75. The standard InChI is InChI=1S/C23H27N3O2/c1-4-14-26-21(24-22(25-26)16(3)5-2)15-17-10-12-18(13-11-17)19-8-6-7-9-20(19)23(27)28/h6-13,16H,4-5,14-15H2,1-3H3,(H,27,28). The molecule has 0 fully saturated rings. The number of rotatable bonds is 8. The van der Waals surface area contributed by atoms with Crippen LogP contribution in [-0.4, -0.2) is 25.8 Å². The molecule has 1 heterocycles. The number of aromatic carboxylic acids is 1. The van der Waals surface area contributed by atoms with Crippen molar-refractivity contribution < 1.29 is 9.90 Å². The summed E-state index contributed by atoms with van der Waals surface area (Å²) in [7, 11) is 0. The summed E-state index contributed by atoms with van der Waals surface area (Å²) in [4.78, 5) is 16.3. The number of aromatic nitrogens is 3. The number of aryl methyl sites for hydroxylation is 1. The Balaban J connectivity index is 1.85. The minimum Gasteiger partial charge on any atom is -0.478 e. The molecule has 0 amide bonds. The van der Waals surface area contributed by atoms with E-state index in [1.54, 1.807) is 12.1 Å². The molecule has 1 atom stereocenters. The van der Waals surface area contributed by atoms with E-state index in [1.165, 1.54) is 0 Å². The van der Waals surface area contributed by atoms with Crippen molar-refractivity contribution in [3.8, 4) is 11.1 Å². The molecule has 0 saturated carbocycles. The van der Waals surface area contributed by atoms with E-state index in [-0.39, 0.29) is 0 Å². The van der Waals surface area contributed by atoms with Gasteiger partial charge in [0.1, 0.15) is 5.82 Å². The van der Waals surface area contributed by atoms with Crippen LogP contribution < -0.4 is 0 Å². The van der Waals surface area contributed by atoms with Crippen molar-refractivity contribution in [1.29, 1.82) is 0 Å². The van der Waals surface area contributed by atoms with Gasteiger partial charge in [-0.25, -0.2) is 14.5 Å². The monoisotopic (exact) mass is 377 g/mol. The third kappa shape index (κ3) is 4.30. The quantitative estimate of drug-likeness (QED) is 0.589. The topological polar surface area (TPSA) is 68.0 Å². The molecule has 0 saturated heterocycles. The summed E-state index contributed by atoms with van der Waals surface area (Å²) < 4.78 is 2.02. The van der Waals surface area contributed by atoms with Crippen LogP contribution in [0, 0.1) is 0 Å². The molecule has 0 radical (unpaired) electrons. The van der Waals surface area contributed by atoms with Crippen LogP contribution in [0.1, 0.15) is 67.1 Å². The first-order valence-corrected chi connectivity index (χ1v) is 9.88. The Bertz CT molecular complexity index is 945. The number of carboxylic acids is 1. The highest BCUT2D eigenvalue weighted by molar-refractivity contribution is 5.95. The molecule has 5 heteroatoms. The molecule has 3 aromatic rings. The van der Waals surface area contributed by atoms with E-state index in [0.717, 1.165) is 47.7 Å². The maximum atomic E-state index is 11.5. The smallest absolute Gasteiger partial charge is 0.336 e. The zero-order chi connectivity index (χ0) is 20.1. The Labute approximate surface area is 166 Å². The van der Waals surface area contributed by atoms with Gasteiger partial charge in [0.05, 0.1) is 5.56 Å². The summed E-state index contributed by atoms with van der Waals surface area (Å²) in [6, 6.07) is 15.1. The van der Waals surface area contributed by atoms with Gasteiger partial charge in [-0.3, -0.25) is 0 Å². The Morgan fingerprint density at radius 1 is 1.11 bits per heavy atom. The predicted octanol–water partition coefficient (Wildman–Crippen LogP) is 5.16. The molecule has 0 aliphatic heterocycles. The van der Waals surface area contributed by atoms with Gasteiger partial charge in [-0.2, -0.15) is 5.10 Å². The molecular formula is C23H27N3O2. The SMILES string of the molecule is CCCn1nc(C(C)CC)nc1Cc1ccc(-c2ccccc2C(=O)O)cc1. The average molecular weight is 377 g/mol. The van der Waals surface area contributed by atoms with Gasteiger partial charge in [-0.05, 0) is 35.6 Å². The van der Waals surface area contributed by atoms with Crippen LogP contribution in [0.3, 0.4) is 0 Å². The van der Waals surface area contributed by atoms with E-state index in [4.69, 9.17) is 10.1 Å². The Hall–Kier alpha value is -2.95. The Morgan fingerprint density at radius 3 is 2.46 bits per heavy atom. The molecule has 0 spiro atoms. The van der Waals surface area contributed by atoms with Crippen molar-refractivity contribution in [1.82, 2.24) is 14.8 Å². The number of hydrogen-bond donors (Lipinski definition) is 1. The van der Waals surface area contributed by atoms with Crippen LogP contribution in [0.15, 0.2) is 48.5 Å². The van der Waals surface area contributed by atoms with Gasteiger partial charge in [0.2, 0.25) is 0 Å². The molecule has 3 rings (SSSR count). The van der Waals surface area contributed by atoms with Crippen LogP contribution >= 0.6 is 0 Å². The van der Waals surface area contributed by atoms with E-state index in [0.29, 0.717) is 17.9 Å². The third-order valence-electron chi connectivity index (χ3n) is 5.04. The molecule has 146 valence electrons. The molecule has 1 unspecified atom stereocenters. The van der Waals surface area contributed by atoms with Crippen molar-refractivity contribution in [3.05, 3.63) is 71.3 Å². The lowest BCUT2D eigenvalue weighted by Gasteiger charge is -2.08. The van der Waals surface area contributed by atoms with Gasteiger partial charge >= 0.3 is 5.97 Å². The van der Waals surface area contributed by atoms with Gasteiger partial charge in [0.15, 0.2) is 5.82 Å². The summed E-state index contributed by atoms with van der Waals surface area (Å²) >= 11 is 0. The maximum Gasteiger partial charge on any atom is 0.336 e. The van der Waals surface area contributed by atoms with E-state index >= 15 is 0 Å². The Kier molecular flexibility index (Phi) is 6.24. The molecular weight excluding hydrogens is 350 g/mol. The lowest BCUT2D eigenvalue weighted by molar-refractivity contribution is 0.0697. The van der Waals surface area contributed by atoms with Crippen LogP contribution in [0.5, 0.6) is 0 Å². The van der Waals surface area contributed by atoms with Crippen LogP contribution in [0.4, 0.5) is 0 Å². The summed E-state index contributed by atoms with van der Waals surface area (Å²) in [5.41, 5.74) is 3.08. The first-order valence-electron chi connectivity index (χ1n) is 9.88. The second-order valence-corrected chi connectivity index (χ2v) is 7.14. The highest BCUT2D eigenvalue weighted by Crippen LogP contribution is 2.25. The van der Waals surface area contributed by atoms with Gasteiger partial charge < -0.3 is 5.11 Å². The van der Waals surface area contributed by atoms with Crippen molar-refractivity contribution in [2.75, 3.05) is 0 Å². The minimum absolute atomic E-state index is 0.316. The number of hydrogen-bond acceptors (Lipinski definition) is 3. The number of carbonyl (C=O) groups is 1. The van der Waals surface area contributed by atoms with E-state index in [2.05, 4.69) is 20.8 Å². The number of nitrogens with zero attached hydrogens (tertiary/aromatic N) is 3. The minimum atomic E-state index is -0.912. The fourth-order valence-corrected chi connectivity index (χ4v) is 3.21.